The summed E-state index contributed by atoms with van der Waals surface area (Å²) in [5.74, 6) is 1.11. The van der Waals surface area contributed by atoms with Crippen LogP contribution in [0.4, 0.5) is 0 Å². The molecule has 2 aliphatic heterocycles. The first kappa shape index (κ1) is 11.0. The van der Waals surface area contributed by atoms with Gasteiger partial charge in [0.2, 0.25) is 0 Å². The van der Waals surface area contributed by atoms with Crippen molar-refractivity contribution in [3.63, 3.8) is 0 Å². The third-order valence-electron chi connectivity index (χ3n) is 4.82. The topological polar surface area (TPSA) is 6.48 Å². The molecule has 0 aromatic rings. The molecule has 0 N–H and O–H groups in total. The molecule has 0 bridgehead atoms. The lowest BCUT2D eigenvalue weighted by molar-refractivity contribution is 0.0581. The average Bonchev–Trinajstić information content (AvgIpc) is 2.98. The van der Waals surface area contributed by atoms with E-state index in [1.165, 1.54) is 64.7 Å². The van der Waals surface area contributed by atoms with E-state index in [9.17, 15) is 0 Å². The molecule has 1 saturated carbocycles. The second-order valence-corrected chi connectivity index (χ2v) is 6.22. The molecule has 92 valence electrons. The highest BCUT2D eigenvalue weighted by Crippen LogP contribution is 2.33. The Morgan fingerprint density at radius 3 is 2.81 bits per heavy atom. The molecule has 0 amide bonds. The molecule has 2 unspecified atom stereocenters. The fourth-order valence-electron chi connectivity index (χ4n) is 3.55. The Balaban J connectivity index is 1.45. The maximum absolute atomic E-state index is 2.76. The molecule has 2 atom stereocenters. The van der Waals surface area contributed by atoms with Crippen molar-refractivity contribution >= 4 is 0 Å². The first-order chi connectivity index (χ1) is 7.83. The van der Waals surface area contributed by atoms with Crippen LogP contribution in [0.1, 0.15) is 45.4 Å². The molecular formula is C14H26N2. The smallest absolute Gasteiger partial charge is 0.0224 e. The highest BCUT2D eigenvalue weighted by molar-refractivity contribution is 4.90. The highest BCUT2D eigenvalue weighted by Gasteiger charge is 2.34. The van der Waals surface area contributed by atoms with E-state index in [0.29, 0.717) is 0 Å². The van der Waals surface area contributed by atoms with Crippen LogP contribution in [0.25, 0.3) is 0 Å². The van der Waals surface area contributed by atoms with Crippen molar-refractivity contribution in [2.75, 3.05) is 26.2 Å². The molecule has 0 aromatic heterocycles. The molecule has 16 heavy (non-hydrogen) atoms. The fourth-order valence-corrected chi connectivity index (χ4v) is 3.55. The number of hydrogen-bond donors (Lipinski definition) is 0. The molecule has 3 fully saturated rings. The molecule has 0 aromatic carbocycles. The summed E-state index contributed by atoms with van der Waals surface area (Å²) < 4.78 is 0. The second-order valence-electron chi connectivity index (χ2n) is 6.22. The standard InChI is InChI=1S/C14H26N2/c1-12-10-16-9-3-5-14(16)11-15(12)8-2-4-13-6-7-13/h12-14H,2-11H2,1H3. The third-order valence-corrected chi connectivity index (χ3v) is 4.82. The zero-order chi connectivity index (χ0) is 11.0. The van der Waals surface area contributed by atoms with Crippen molar-refractivity contribution in [2.24, 2.45) is 5.92 Å². The summed E-state index contributed by atoms with van der Waals surface area (Å²) in [5.41, 5.74) is 0. The summed E-state index contributed by atoms with van der Waals surface area (Å²) in [6.45, 7) is 7.83. The number of hydrogen-bond acceptors (Lipinski definition) is 2. The Hall–Kier alpha value is -0.0800. The molecule has 2 heterocycles. The predicted octanol–water partition coefficient (Wildman–Crippen LogP) is 2.35. The van der Waals surface area contributed by atoms with Gasteiger partial charge in [-0.3, -0.25) is 9.80 Å². The quantitative estimate of drug-likeness (QED) is 0.720. The van der Waals surface area contributed by atoms with Crippen LogP contribution in [0.15, 0.2) is 0 Å². The van der Waals surface area contributed by atoms with Crippen LogP contribution in [-0.2, 0) is 0 Å². The van der Waals surface area contributed by atoms with Crippen molar-refractivity contribution in [1.82, 2.24) is 9.80 Å². The molecular weight excluding hydrogens is 196 g/mol. The van der Waals surface area contributed by atoms with Gasteiger partial charge in [-0.1, -0.05) is 12.8 Å². The van der Waals surface area contributed by atoms with Crippen LogP contribution in [0.2, 0.25) is 0 Å². The summed E-state index contributed by atoms with van der Waals surface area (Å²) in [6, 6.07) is 1.70. The highest BCUT2D eigenvalue weighted by atomic mass is 15.3. The minimum absolute atomic E-state index is 0.800. The number of fused-ring (bicyclic) bond motifs is 1. The van der Waals surface area contributed by atoms with E-state index in [0.717, 1.165) is 18.0 Å². The molecule has 0 spiro atoms. The summed E-state index contributed by atoms with van der Waals surface area (Å²) in [7, 11) is 0. The van der Waals surface area contributed by atoms with Crippen molar-refractivity contribution in [2.45, 2.75) is 57.5 Å². The van der Waals surface area contributed by atoms with Crippen LogP contribution in [0.3, 0.4) is 0 Å². The van der Waals surface area contributed by atoms with Crippen LogP contribution >= 0.6 is 0 Å². The molecule has 1 aliphatic carbocycles. The van der Waals surface area contributed by atoms with Crippen LogP contribution in [-0.4, -0.2) is 48.1 Å². The lowest BCUT2D eigenvalue weighted by Crippen LogP contribution is -2.54. The monoisotopic (exact) mass is 222 g/mol. The van der Waals surface area contributed by atoms with Crippen LogP contribution in [0, 0.1) is 5.92 Å². The van der Waals surface area contributed by atoms with Gasteiger partial charge in [0.05, 0.1) is 0 Å². The Morgan fingerprint density at radius 2 is 2.00 bits per heavy atom. The summed E-state index contributed by atoms with van der Waals surface area (Å²) in [5, 5.41) is 0. The van der Waals surface area contributed by atoms with Gasteiger partial charge in [0.15, 0.2) is 0 Å². The third kappa shape index (κ3) is 2.43. The minimum Gasteiger partial charge on any atom is -0.298 e. The van der Waals surface area contributed by atoms with E-state index < -0.39 is 0 Å². The van der Waals surface area contributed by atoms with E-state index in [2.05, 4.69) is 16.7 Å². The molecule has 3 rings (SSSR count). The van der Waals surface area contributed by atoms with Crippen LogP contribution in [0.5, 0.6) is 0 Å². The zero-order valence-electron chi connectivity index (χ0n) is 10.7. The van der Waals surface area contributed by atoms with Crippen molar-refractivity contribution < 1.29 is 0 Å². The first-order valence-corrected chi connectivity index (χ1v) is 7.31. The Morgan fingerprint density at radius 1 is 1.12 bits per heavy atom. The fraction of sp³-hybridized carbons (Fsp3) is 1.00. The maximum atomic E-state index is 2.76. The van der Waals surface area contributed by atoms with Crippen molar-refractivity contribution in [1.29, 1.82) is 0 Å². The summed E-state index contributed by atoms with van der Waals surface area (Å²) in [6.07, 6.45) is 8.87. The van der Waals surface area contributed by atoms with Gasteiger partial charge in [-0.05, 0) is 51.6 Å². The number of rotatable bonds is 4. The SMILES string of the molecule is CC1CN2CCCC2CN1CCCC1CC1. The Bertz CT molecular complexity index is 237. The largest absolute Gasteiger partial charge is 0.298 e. The van der Waals surface area contributed by atoms with Gasteiger partial charge >= 0.3 is 0 Å². The molecule has 0 radical (unpaired) electrons. The van der Waals surface area contributed by atoms with E-state index in [-0.39, 0.29) is 0 Å². The van der Waals surface area contributed by atoms with Crippen molar-refractivity contribution in [3.8, 4) is 0 Å². The Labute approximate surface area is 100.0 Å². The van der Waals surface area contributed by atoms with Gasteiger partial charge in [0.25, 0.3) is 0 Å². The van der Waals surface area contributed by atoms with Gasteiger partial charge in [0, 0.05) is 25.2 Å². The lowest BCUT2D eigenvalue weighted by Gasteiger charge is -2.42. The van der Waals surface area contributed by atoms with Gasteiger partial charge in [-0.2, -0.15) is 0 Å². The number of nitrogens with zero attached hydrogens (tertiary/aromatic N) is 2. The first-order valence-electron chi connectivity index (χ1n) is 7.31. The molecule has 2 nitrogen and oxygen atoms in total. The second kappa shape index (κ2) is 4.66. The Kier molecular flexibility index (Phi) is 3.21. The zero-order valence-corrected chi connectivity index (χ0v) is 10.7. The molecule has 2 heteroatoms. The normalized spacial score (nSPS) is 36.6. The lowest BCUT2D eigenvalue weighted by atomic mass is 10.1. The average molecular weight is 222 g/mol. The summed E-state index contributed by atoms with van der Waals surface area (Å²) >= 11 is 0. The van der Waals surface area contributed by atoms with E-state index in [4.69, 9.17) is 0 Å². The van der Waals surface area contributed by atoms with E-state index in [1.54, 1.807) is 0 Å². The minimum atomic E-state index is 0.800. The summed E-state index contributed by atoms with van der Waals surface area (Å²) in [4.78, 5) is 5.48. The van der Waals surface area contributed by atoms with E-state index >= 15 is 0 Å². The van der Waals surface area contributed by atoms with E-state index in [1.807, 2.05) is 0 Å². The molecule has 3 aliphatic rings. The van der Waals surface area contributed by atoms with Gasteiger partial charge in [-0.15, -0.1) is 0 Å². The molecule has 2 saturated heterocycles. The maximum Gasteiger partial charge on any atom is 0.0224 e. The van der Waals surface area contributed by atoms with Gasteiger partial charge in [-0.25, -0.2) is 0 Å². The predicted molar refractivity (Wildman–Crippen MR) is 67.6 cm³/mol. The number of piperazine rings is 1. The van der Waals surface area contributed by atoms with Gasteiger partial charge < -0.3 is 0 Å². The van der Waals surface area contributed by atoms with Crippen LogP contribution < -0.4 is 0 Å². The van der Waals surface area contributed by atoms with Crippen molar-refractivity contribution in [3.05, 3.63) is 0 Å². The van der Waals surface area contributed by atoms with Gasteiger partial charge in [0.1, 0.15) is 0 Å².